The smallest absolute Gasteiger partial charge is 0.310 e. The van der Waals surface area contributed by atoms with Gasteiger partial charge in [-0.2, -0.15) is 10.2 Å². The van der Waals surface area contributed by atoms with E-state index in [-0.39, 0.29) is 0 Å². The zero-order chi connectivity index (χ0) is 11.7. The van der Waals surface area contributed by atoms with E-state index in [4.69, 9.17) is 5.11 Å². The van der Waals surface area contributed by atoms with Crippen LogP contribution in [0.2, 0.25) is 0 Å². The molecule has 0 bridgehead atoms. The Balaban J connectivity index is 2.75. The van der Waals surface area contributed by atoms with Crippen LogP contribution in [0.4, 0.5) is 0 Å². The summed E-state index contributed by atoms with van der Waals surface area (Å²) < 4.78 is 0. The fourth-order valence-corrected chi connectivity index (χ4v) is 1.84. The molecule has 1 aromatic carbocycles. The summed E-state index contributed by atoms with van der Waals surface area (Å²) in [7, 11) is 0. The van der Waals surface area contributed by atoms with Gasteiger partial charge in [0.15, 0.2) is 0 Å². The number of aryl methyl sites for hydroxylation is 1. The van der Waals surface area contributed by atoms with Crippen molar-refractivity contribution in [2.24, 2.45) is 0 Å². The van der Waals surface area contributed by atoms with E-state index in [0.29, 0.717) is 5.69 Å². The monoisotopic (exact) mass is 216 g/mol. The zero-order valence-electron chi connectivity index (χ0n) is 9.14. The van der Waals surface area contributed by atoms with Crippen LogP contribution in [-0.4, -0.2) is 21.3 Å². The molecule has 1 heterocycles. The van der Waals surface area contributed by atoms with Gasteiger partial charge < -0.3 is 5.11 Å². The molecule has 2 aromatic rings. The van der Waals surface area contributed by atoms with Crippen LogP contribution in [0.3, 0.4) is 0 Å². The summed E-state index contributed by atoms with van der Waals surface area (Å²) in [4.78, 5) is 11.0. The van der Waals surface area contributed by atoms with Crippen molar-refractivity contribution in [3.63, 3.8) is 0 Å². The quantitative estimate of drug-likeness (QED) is 0.835. The van der Waals surface area contributed by atoms with Crippen LogP contribution < -0.4 is 0 Å². The van der Waals surface area contributed by atoms with Crippen molar-refractivity contribution < 1.29 is 9.90 Å². The molecule has 0 fully saturated rings. The second kappa shape index (κ2) is 3.89. The molecular weight excluding hydrogens is 204 g/mol. The van der Waals surface area contributed by atoms with Crippen molar-refractivity contribution in [3.05, 3.63) is 35.5 Å². The van der Waals surface area contributed by atoms with Gasteiger partial charge in [-0.1, -0.05) is 18.2 Å². The number of nitrogens with zero attached hydrogens (tertiary/aromatic N) is 2. The maximum atomic E-state index is 11.0. The molecule has 1 unspecified atom stereocenters. The first-order valence-corrected chi connectivity index (χ1v) is 5.06. The number of carboxylic acid groups (broad SMARTS) is 1. The lowest BCUT2D eigenvalue weighted by atomic mass is 9.96. The summed E-state index contributed by atoms with van der Waals surface area (Å²) in [5.41, 5.74) is 2.16. The number of carbonyl (C=O) groups is 1. The third-order valence-corrected chi connectivity index (χ3v) is 2.70. The molecule has 16 heavy (non-hydrogen) atoms. The van der Waals surface area contributed by atoms with Gasteiger partial charge in [-0.25, -0.2) is 0 Å². The summed E-state index contributed by atoms with van der Waals surface area (Å²) in [5, 5.41) is 18.0. The van der Waals surface area contributed by atoms with E-state index in [0.717, 1.165) is 16.5 Å². The Morgan fingerprint density at radius 2 is 2.00 bits per heavy atom. The molecule has 1 aromatic heterocycles. The van der Waals surface area contributed by atoms with Gasteiger partial charge >= 0.3 is 5.97 Å². The lowest BCUT2D eigenvalue weighted by molar-refractivity contribution is -0.138. The maximum Gasteiger partial charge on any atom is 0.310 e. The first-order valence-electron chi connectivity index (χ1n) is 5.06. The zero-order valence-corrected chi connectivity index (χ0v) is 9.14. The van der Waals surface area contributed by atoms with E-state index in [2.05, 4.69) is 10.2 Å². The van der Waals surface area contributed by atoms with E-state index in [1.54, 1.807) is 13.8 Å². The van der Waals surface area contributed by atoms with Crippen molar-refractivity contribution in [2.75, 3.05) is 0 Å². The highest BCUT2D eigenvalue weighted by molar-refractivity contribution is 5.88. The predicted octanol–water partition coefficient (Wildman–Crippen LogP) is 2.13. The van der Waals surface area contributed by atoms with Gasteiger partial charge in [0.05, 0.1) is 17.1 Å². The molecule has 0 amide bonds. The Labute approximate surface area is 92.9 Å². The third-order valence-electron chi connectivity index (χ3n) is 2.70. The Morgan fingerprint density at radius 3 is 2.69 bits per heavy atom. The summed E-state index contributed by atoms with van der Waals surface area (Å²) in [5.74, 6) is -1.42. The highest BCUT2D eigenvalue weighted by Crippen LogP contribution is 2.26. The number of hydrogen-bond donors (Lipinski definition) is 1. The minimum Gasteiger partial charge on any atom is -0.481 e. The van der Waals surface area contributed by atoms with Crippen molar-refractivity contribution >= 4 is 16.9 Å². The van der Waals surface area contributed by atoms with Crippen LogP contribution in [0, 0.1) is 6.92 Å². The number of hydrogen-bond acceptors (Lipinski definition) is 3. The molecule has 1 atom stereocenters. The van der Waals surface area contributed by atoms with Crippen molar-refractivity contribution in [3.8, 4) is 0 Å². The molecule has 0 aliphatic rings. The molecule has 0 aliphatic heterocycles. The lowest BCUT2D eigenvalue weighted by Crippen LogP contribution is -2.11. The van der Waals surface area contributed by atoms with Crippen LogP contribution in [-0.2, 0) is 4.79 Å². The third kappa shape index (κ3) is 1.62. The molecular formula is C12H12N2O2. The van der Waals surface area contributed by atoms with Crippen LogP contribution >= 0.6 is 0 Å². The van der Waals surface area contributed by atoms with E-state index < -0.39 is 11.9 Å². The molecule has 4 heteroatoms. The average Bonchev–Trinajstić information content (AvgIpc) is 2.28. The fraction of sp³-hybridized carbons (Fsp3) is 0.250. The number of aromatic nitrogens is 2. The predicted molar refractivity (Wildman–Crippen MR) is 60.3 cm³/mol. The van der Waals surface area contributed by atoms with Gasteiger partial charge in [0, 0.05) is 5.39 Å². The van der Waals surface area contributed by atoms with Gasteiger partial charge in [-0.15, -0.1) is 0 Å². The second-order valence-electron chi connectivity index (χ2n) is 3.78. The topological polar surface area (TPSA) is 63.1 Å². The van der Waals surface area contributed by atoms with Gasteiger partial charge in [0.1, 0.15) is 0 Å². The maximum absolute atomic E-state index is 11.0. The molecule has 4 nitrogen and oxygen atoms in total. The average molecular weight is 216 g/mol. The normalized spacial score (nSPS) is 12.6. The van der Waals surface area contributed by atoms with E-state index in [9.17, 15) is 4.79 Å². The number of benzene rings is 1. The minimum absolute atomic E-state index is 0.569. The second-order valence-corrected chi connectivity index (χ2v) is 3.78. The summed E-state index contributed by atoms with van der Waals surface area (Å²) in [6.45, 7) is 3.45. The molecule has 2 rings (SSSR count). The molecule has 0 spiro atoms. The van der Waals surface area contributed by atoms with E-state index in [1.807, 2.05) is 24.3 Å². The van der Waals surface area contributed by atoms with Crippen LogP contribution in [0.25, 0.3) is 10.9 Å². The largest absolute Gasteiger partial charge is 0.481 e. The number of fused-ring (bicyclic) bond motifs is 1. The van der Waals surface area contributed by atoms with Gasteiger partial charge in [-0.3, -0.25) is 4.79 Å². The highest BCUT2D eigenvalue weighted by Gasteiger charge is 2.19. The number of rotatable bonds is 2. The van der Waals surface area contributed by atoms with Crippen LogP contribution in [0.5, 0.6) is 0 Å². The SMILES string of the molecule is Cc1nnc2ccccc2c1C(C)C(=O)O. The molecule has 1 N–H and O–H groups in total. The van der Waals surface area contributed by atoms with Gasteiger partial charge in [0.25, 0.3) is 0 Å². The van der Waals surface area contributed by atoms with Gasteiger partial charge in [0.2, 0.25) is 0 Å². The van der Waals surface area contributed by atoms with E-state index in [1.165, 1.54) is 0 Å². The van der Waals surface area contributed by atoms with Gasteiger partial charge in [-0.05, 0) is 25.5 Å². The number of aliphatic carboxylic acids is 1. The molecule has 82 valence electrons. The van der Waals surface area contributed by atoms with E-state index >= 15 is 0 Å². The molecule has 0 aliphatic carbocycles. The number of carboxylic acids is 1. The molecule has 0 saturated carbocycles. The van der Waals surface area contributed by atoms with Crippen molar-refractivity contribution in [1.82, 2.24) is 10.2 Å². The Morgan fingerprint density at radius 1 is 1.31 bits per heavy atom. The highest BCUT2D eigenvalue weighted by atomic mass is 16.4. The summed E-state index contributed by atoms with van der Waals surface area (Å²) in [6.07, 6.45) is 0. The standard InChI is InChI=1S/C12H12N2O2/c1-7(12(15)16)11-8(2)13-14-10-6-4-3-5-9(10)11/h3-7H,1-2H3,(H,15,16). The summed E-state index contributed by atoms with van der Waals surface area (Å²) >= 11 is 0. The molecule has 0 radical (unpaired) electrons. The van der Waals surface area contributed by atoms with Crippen molar-refractivity contribution in [1.29, 1.82) is 0 Å². The minimum atomic E-state index is -0.846. The van der Waals surface area contributed by atoms with Crippen LogP contribution in [0.15, 0.2) is 24.3 Å². The lowest BCUT2D eigenvalue weighted by Gasteiger charge is -2.11. The Kier molecular flexibility index (Phi) is 2.56. The molecule has 0 saturated heterocycles. The van der Waals surface area contributed by atoms with Crippen LogP contribution in [0.1, 0.15) is 24.1 Å². The fourth-order valence-electron chi connectivity index (χ4n) is 1.84. The summed E-state index contributed by atoms with van der Waals surface area (Å²) in [6, 6.07) is 7.45. The Bertz CT molecular complexity index is 552. The first kappa shape index (κ1) is 10.5. The van der Waals surface area contributed by atoms with Crippen molar-refractivity contribution in [2.45, 2.75) is 19.8 Å². The Hall–Kier alpha value is -1.97. The first-order chi connectivity index (χ1) is 7.61.